The van der Waals surface area contributed by atoms with E-state index < -0.39 is 0 Å². The minimum Gasteiger partial charge on any atom is -0.298 e. The molecule has 0 aliphatic carbocycles. The fourth-order valence-electron chi connectivity index (χ4n) is 0.865. The van der Waals surface area contributed by atoms with Crippen LogP contribution in [0.3, 0.4) is 0 Å². The first-order chi connectivity index (χ1) is 5.84. The lowest BCUT2D eigenvalue weighted by atomic mass is 10.6. The van der Waals surface area contributed by atoms with E-state index in [4.69, 9.17) is 0 Å². The Balaban J connectivity index is 2.52. The van der Waals surface area contributed by atoms with Gasteiger partial charge in [-0.1, -0.05) is 6.92 Å². The van der Waals surface area contributed by atoms with Crippen LogP contribution >= 0.6 is 11.8 Å². The first-order valence-corrected chi connectivity index (χ1v) is 5.09. The summed E-state index contributed by atoms with van der Waals surface area (Å²) in [6.07, 6.45) is 3.29. The summed E-state index contributed by atoms with van der Waals surface area (Å²) in [5.41, 5.74) is -0.158. The summed E-state index contributed by atoms with van der Waals surface area (Å²) in [4.78, 5) is 14.7. The highest BCUT2D eigenvalue weighted by Gasteiger charge is 1.93. The zero-order chi connectivity index (χ0) is 8.81. The summed E-state index contributed by atoms with van der Waals surface area (Å²) in [7, 11) is 0. The van der Waals surface area contributed by atoms with E-state index in [2.05, 4.69) is 11.9 Å². The van der Waals surface area contributed by atoms with Crippen molar-refractivity contribution in [1.82, 2.24) is 9.55 Å². The van der Waals surface area contributed by atoms with Gasteiger partial charge in [-0.15, -0.1) is 0 Å². The largest absolute Gasteiger partial charge is 0.347 e. The molecular formula is C8H12N2OS. The van der Waals surface area contributed by atoms with Gasteiger partial charge >= 0.3 is 5.69 Å². The molecule has 12 heavy (non-hydrogen) atoms. The third-order valence-electron chi connectivity index (χ3n) is 1.46. The normalized spacial score (nSPS) is 10.1. The third-order valence-corrected chi connectivity index (χ3v) is 2.34. The van der Waals surface area contributed by atoms with Crippen LogP contribution in [0.5, 0.6) is 0 Å². The van der Waals surface area contributed by atoms with Crippen molar-refractivity contribution in [3.8, 4) is 0 Å². The average Bonchev–Trinajstić information content (AvgIpc) is 2.09. The van der Waals surface area contributed by atoms with E-state index in [0.717, 1.165) is 18.1 Å². The van der Waals surface area contributed by atoms with Gasteiger partial charge in [-0.3, -0.25) is 4.57 Å². The number of aromatic nitrogens is 2. The number of thioether (sulfide) groups is 1. The molecule has 0 fully saturated rings. The van der Waals surface area contributed by atoms with Crippen LogP contribution in [-0.2, 0) is 6.54 Å². The van der Waals surface area contributed by atoms with Crippen LogP contribution in [0.15, 0.2) is 23.3 Å². The topological polar surface area (TPSA) is 34.9 Å². The van der Waals surface area contributed by atoms with E-state index in [1.165, 1.54) is 6.20 Å². The fourth-order valence-corrected chi connectivity index (χ4v) is 1.48. The maximum atomic E-state index is 11.1. The third kappa shape index (κ3) is 2.70. The molecule has 0 atom stereocenters. The summed E-state index contributed by atoms with van der Waals surface area (Å²) in [5, 5.41) is 0. The Hall–Kier alpha value is -0.770. The molecule has 0 spiro atoms. The molecule has 0 aromatic carbocycles. The van der Waals surface area contributed by atoms with Crippen molar-refractivity contribution in [2.45, 2.75) is 13.5 Å². The highest BCUT2D eigenvalue weighted by molar-refractivity contribution is 7.99. The van der Waals surface area contributed by atoms with Crippen LogP contribution in [0.4, 0.5) is 0 Å². The number of rotatable bonds is 4. The summed E-state index contributed by atoms with van der Waals surface area (Å²) < 4.78 is 1.63. The first-order valence-electron chi connectivity index (χ1n) is 3.94. The predicted molar refractivity (Wildman–Crippen MR) is 51.5 cm³/mol. The van der Waals surface area contributed by atoms with Crippen molar-refractivity contribution in [3.63, 3.8) is 0 Å². The molecule has 4 heteroatoms. The fraction of sp³-hybridized carbons (Fsp3) is 0.500. The molecule has 0 aliphatic rings. The number of aryl methyl sites for hydroxylation is 1. The molecule has 0 radical (unpaired) electrons. The van der Waals surface area contributed by atoms with Gasteiger partial charge in [-0.05, 0) is 11.8 Å². The molecule has 0 amide bonds. The maximum Gasteiger partial charge on any atom is 0.347 e. The predicted octanol–water partition coefficient (Wildman–Crippen LogP) is 0.996. The Kier molecular flexibility index (Phi) is 3.87. The number of hydrogen-bond donors (Lipinski definition) is 0. The van der Waals surface area contributed by atoms with Crippen LogP contribution in [0.1, 0.15) is 6.92 Å². The molecule has 1 heterocycles. The second kappa shape index (κ2) is 4.98. The highest BCUT2D eigenvalue weighted by Crippen LogP contribution is 1.97. The molecule has 1 rings (SSSR count). The van der Waals surface area contributed by atoms with E-state index in [1.807, 2.05) is 11.8 Å². The highest BCUT2D eigenvalue weighted by atomic mass is 32.2. The van der Waals surface area contributed by atoms with Crippen molar-refractivity contribution in [1.29, 1.82) is 0 Å². The molecule has 0 saturated heterocycles. The maximum absolute atomic E-state index is 11.1. The van der Waals surface area contributed by atoms with Crippen molar-refractivity contribution in [2.24, 2.45) is 0 Å². The van der Waals surface area contributed by atoms with Crippen LogP contribution in [0.2, 0.25) is 0 Å². The monoisotopic (exact) mass is 184 g/mol. The Labute approximate surface area is 75.8 Å². The van der Waals surface area contributed by atoms with Gasteiger partial charge in [0.1, 0.15) is 0 Å². The molecule has 0 aliphatic heterocycles. The van der Waals surface area contributed by atoms with Gasteiger partial charge in [-0.2, -0.15) is 11.8 Å². The Bertz CT molecular complexity index is 284. The summed E-state index contributed by atoms with van der Waals surface area (Å²) in [6.45, 7) is 2.86. The van der Waals surface area contributed by atoms with E-state index in [0.29, 0.717) is 0 Å². The Morgan fingerprint density at radius 2 is 2.50 bits per heavy atom. The zero-order valence-electron chi connectivity index (χ0n) is 7.06. The average molecular weight is 184 g/mol. The summed E-state index contributed by atoms with van der Waals surface area (Å²) in [5.74, 6) is 2.07. The molecule has 0 unspecified atom stereocenters. The molecular weight excluding hydrogens is 172 g/mol. The molecule has 0 saturated carbocycles. The van der Waals surface area contributed by atoms with Gasteiger partial charge in [0.25, 0.3) is 0 Å². The number of hydrogen-bond acceptors (Lipinski definition) is 3. The second-order valence-corrected chi connectivity index (χ2v) is 3.69. The molecule has 66 valence electrons. The minimum absolute atomic E-state index is 0.158. The minimum atomic E-state index is -0.158. The van der Waals surface area contributed by atoms with E-state index in [1.54, 1.807) is 16.8 Å². The SMILES string of the molecule is CCSCCn1cccnc1=O. The Morgan fingerprint density at radius 1 is 1.67 bits per heavy atom. The van der Waals surface area contributed by atoms with Crippen LogP contribution in [-0.4, -0.2) is 21.1 Å². The second-order valence-electron chi connectivity index (χ2n) is 2.29. The molecule has 0 N–H and O–H groups in total. The smallest absolute Gasteiger partial charge is 0.298 e. The van der Waals surface area contributed by atoms with E-state index in [-0.39, 0.29) is 5.69 Å². The van der Waals surface area contributed by atoms with Crippen molar-refractivity contribution < 1.29 is 0 Å². The van der Waals surface area contributed by atoms with Gasteiger partial charge in [0.05, 0.1) is 0 Å². The van der Waals surface area contributed by atoms with E-state index in [9.17, 15) is 4.79 Å². The van der Waals surface area contributed by atoms with Crippen LogP contribution < -0.4 is 5.69 Å². The molecule has 3 nitrogen and oxygen atoms in total. The lowest BCUT2D eigenvalue weighted by Crippen LogP contribution is -2.22. The quantitative estimate of drug-likeness (QED) is 0.655. The standard InChI is InChI=1S/C8H12N2OS/c1-2-12-7-6-10-5-3-4-9-8(10)11/h3-5H,2,6-7H2,1H3. The van der Waals surface area contributed by atoms with Gasteiger partial charge in [-0.25, -0.2) is 9.78 Å². The van der Waals surface area contributed by atoms with Crippen molar-refractivity contribution in [3.05, 3.63) is 28.9 Å². The molecule has 1 aromatic heterocycles. The summed E-state index contributed by atoms with van der Waals surface area (Å²) in [6, 6.07) is 1.78. The number of nitrogens with zero attached hydrogens (tertiary/aromatic N) is 2. The van der Waals surface area contributed by atoms with Crippen molar-refractivity contribution >= 4 is 11.8 Å². The zero-order valence-corrected chi connectivity index (χ0v) is 7.88. The molecule has 1 aromatic rings. The van der Waals surface area contributed by atoms with Gasteiger partial charge < -0.3 is 0 Å². The lowest BCUT2D eigenvalue weighted by Gasteiger charge is -2.01. The van der Waals surface area contributed by atoms with Gasteiger partial charge in [0.2, 0.25) is 0 Å². The van der Waals surface area contributed by atoms with Crippen LogP contribution in [0.25, 0.3) is 0 Å². The van der Waals surface area contributed by atoms with Gasteiger partial charge in [0.15, 0.2) is 0 Å². The van der Waals surface area contributed by atoms with Crippen molar-refractivity contribution in [2.75, 3.05) is 11.5 Å². The van der Waals surface area contributed by atoms with E-state index >= 15 is 0 Å². The van der Waals surface area contributed by atoms with Crippen LogP contribution in [0, 0.1) is 0 Å². The first kappa shape index (κ1) is 9.32. The lowest BCUT2D eigenvalue weighted by molar-refractivity contribution is 0.706. The molecule has 0 bridgehead atoms. The summed E-state index contributed by atoms with van der Waals surface area (Å²) >= 11 is 1.82. The van der Waals surface area contributed by atoms with Gasteiger partial charge in [0, 0.05) is 24.7 Å². The Morgan fingerprint density at radius 3 is 3.17 bits per heavy atom.